The molecule has 0 amide bonds. The Kier molecular flexibility index (Phi) is 9.76. The van der Waals surface area contributed by atoms with Gasteiger partial charge in [0, 0.05) is 43.5 Å². The van der Waals surface area contributed by atoms with Crippen molar-refractivity contribution < 1.29 is 27.0 Å². The topological polar surface area (TPSA) is 30.7 Å². The quantitative estimate of drug-likeness (QED) is 0.123. The molecule has 0 aliphatic carbocycles. The molecule has 3 heterocycles. The Bertz CT molecular complexity index is 2740. The molecule has 0 fully saturated rings. The Hall–Kier alpha value is -4.19. The van der Waals surface area contributed by atoms with Gasteiger partial charge >= 0.3 is 0 Å². The van der Waals surface area contributed by atoms with E-state index in [1.165, 1.54) is 31.8 Å². The molecule has 3 aromatic heterocycles. The van der Waals surface area contributed by atoms with Crippen molar-refractivity contribution in [1.29, 1.82) is 0 Å². The summed E-state index contributed by atoms with van der Waals surface area (Å²) in [6, 6.07) is 43.2. The van der Waals surface area contributed by atoms with Gasteiger partial charge in [-0.15, -0.1) is 59.2 Å². The second-order valence-corrected chi connectivity index (χ2v) is 22.1. The zero-order valence-electron chi connectivity index (χ0n) is 37.1. The van der Waals surface area contributed by atoms with E-state index in [4.69, 9.17) is 11.8 Å². The molecule has 3 nitrogen and oxygen atoms in total. The summed E-state index contributed by atoms with van der Waals surface area (Å²) in [6.45, 7) is 14.9. The summed E-state index contributed by atoms with van der Waals surface area (Å²) in [5.41, 5.74) is 7.88. The number of hydrogen-bond acceptors (Lipinski definition) is 3. The third-order valence-corrected chi connectivity index (χ3v) is 12.5. The van der Waals surface area contributed by atoms with E-state index in [0.717, 1.165) is 33.3 Å². The smallest absolute Gasteiger partial charge is 0.0798 e. The molecule has 0 aliphatic rings. The number of benzene rings is 5. The molecular weight excluding hydrogens is 871 g/mol. The van der Waals surface area contributed by atoms with Gasteiger partial charge in [0.25, 0.3) is 0 Å². The van der Waals surface area contributed by atoms with Crippen LogP contribution in [0.15, 0.2) is 115 Å². The number of fused-ring (bicyclic) bond motifs is 4. The zero-order valence-corrected chi connectivity index (χ0v) is 36.3. The van der Waals surface area contributed by atoms with Crippen molar-refractivity contribution in [1.82, 2.24) is 14.5 Å². The van der Waals surface area contributed by atoms with Gasteiger partial charge in [-0.05, 0) is 74.6 Å². The normalized spacial score (nSPS) is 13.8. The zero-order chi connectivity index (χ0) is 41.8. The number of pyridine rings is 1. The fourth-order valence-electron chi connectivity index (χ4n) is 6.59. The van der Waals surface area contributed by atoms with Crippen LogP contribution < -0.4 is 5.19 Å². The molecule has 6 heteroatoms. The fraction of sp³-hybridized carbons (Fsp3) is 0.250. The van der Waals surface area contributed by atoms with E-state index < -0.39 is 21.3 Å². The van der Waals surface area contributed by atoms with Gasteiger partial charge in [-0.2, -0.15) is 11.3 Å². The van der Waals surface area contributed by atoms with Crippen LogP contribution in [0.2, 0.25) is 19.6 Å². The van der Waals surface area contributed by atoms with E-state index in [0.29, 0.717) is 16.8 Å². The van der Waals surface area contributed by atoms with Crippen molar-refractivity contribution in [2.45, 2.75) is 72.9 Å². The third-order valence-electron chi connectivity index (χ3n) is 9.35. The molecule has 0 spiro atoms. The van der Waals surface area contributed by atoms with Crippen molar-refractivity contribution >= 4 is 55.8 Å². The molecule has 0 unspecified atom stereocenters. The number of para-hydroxylation sites is 2. The van der Waals surface area contributed by atoms with Gasteiger partial charge in [0.2, 0.25) is 0 Å². The van der Waals surface area contributed by atoms with Crippen LogP contribution in [0.5, 0.6) is 0 Å². The first kappa shape index (κ1) is 33.2. The van der Waals surface area contributed by atoms with Crippen LogP contribution in [-0.4, -0.2) is 22.6 Å². The van der Waals surface area contributed by atoms with E-state index in [1.807, 2.05) is 37.3 Å². The molecule has 277 valence electrons. The van der Waals surface area contributed by atoms with Crippen molar-refractivity contribution in [2.24, 2.45) is 5.92 Å². The SMILES string of the molecule is CC(C)(C)c1ccc(-n2c(-c3[c-]cc4c(c3)sc3ccccc34)nc3ccccc32)cc1.[2H]C([2H])([2H])c1c[c-]c(-c2cc(C([2H])([2H])C(C)C)c([Si](C)(C)C)cn2)cc1.[Ir]. The first-order valence-corrected chi connectivity index (χ1v) is 22.5. The Morgan fingerprint density at radius 2 is 1.56 bits per heavy atom. The molecule has 8 aromatic rings. The van der Waals surface area contributed by atoms with Crippen LogP contribution in [-0.2, 0) is 31.9 Å². The van der Waals surface area contributed by atoms with Gasteiger partial charge in [-0.3, -0.25) is 4.98 Å². The van der Waals surface area contributed by atoms with Crippen molar-refractivity contribution in [2.75, 3.05) is 0 Å². The number of aryl methyl sites for hydroxylation is 1. The number of hydrogen-bond donors (Lipinski definition) is 0. The van der Waals surface area contributed by atoms with Crippen molar-refractivity contribution in [3.63, 3.8) is 0 Å². The van der Waals surface area contributed by atoms with E-state index in [2.05, 4.69) is 141 Å². The van der Waals surface area contributed by atoms with E-state index >= 15 is 0 Å². The summed E-state index contributed by atoms with van der Waals surface area (Å²) in [7, 11) is -1.78. The van der Waals surface area contributed by atoms with Gasteiger partial charge in [-0.1, -0.05) is 121 Å². The molecular formula is C48H49IrN3SSi-2. The van der Waals surface area contributed by atoms with Crippen LogP contribution in [0, 0.1) is 24.9 Å². The van der Waals surface area contributed by atoms with Crippen molar-refractivity contribution in [3.8, 4) is 28.3 Å². The molecule has 1 radical (unpaired) electrons. The van der Waals surface area contributed by atoms with Gasteiger partial charge in [0.05, 0.1) is 24.9 Å². The summed E-state index contributed by atoms with van der Waals surface area (Å²) in [6.07, 6.45) is 0.328. The molecule has 0 bridgehead atoms. The summed E-state index contributed by atoms with van der Waals surface area (Å²) in [4.78, 5) is 9.56. The average Bonchev–Trinajstić information content (AvgIpc) is 3.75. The minimum atomic E-state index is -2.16. The van der Waals surface area contributed by atoms with E-state index in [-0.39, 0.29) is 37.0 Å². The molecule has 54 heavy (non-hydrogen) atoms. The predicted molar refractivity (Wildman–Crippen MR) is 232 cm³/mol. The maximum absolute atomic E-state index is 8.59. The van der Waals surface area contributed by atoms with Gasteiger partial charge < -0.3 is 9.55 Å². The molecule has 5 aromatic carbocycles. The summed E-state index contributed by atoms with van der Waals surface area (Å²) in [5.74, 6) is 0.754. The molecule has 8 rings (SSSR count). The summed E-state index contributed by atoms with van der Waals surface area (Å²) < 4.78 is 44.4. The Labute approximate surface area is 346 Å². The second-order valence-electron chi connectivity index (χ2n) is 15.9. The summed E-state index contributed by atoms with van der Waals surface area (Å²) >= 11 is 1.83. The first-order valence-electron chi connectivity index (χ1n) is 20.7. The molecule has 0 saturated heterocycles. The number of rotatable bonds is 6. The van der Waals surface area contributed by atoms with Gasteiger partial charge in [0.15, 0.2) is 0 Å². The number of imidazole rings is 1. The monoisotopic (exact) mass is 925 g/mol. The Morgan fingerprint density at radius 1 is 0.833 bits per heavy atom. The number of aromatic nitrogens is 3. The third kappa shape index (κ3) is 8.38. The van der Waals surface area contributed by atoms with Crippen LogP contribution in [0.1, 0.15) is 58.2 Å². The largest absolute Gasteiger partial charge is 0.333 e. The second kappa shape index (κ2) is 15.9. The minimum Gasteiger partial charge on any atom is -0.333 e. The van der Waals surface area contributed by atoms with Gasteiger partial charge in [-0.25, -0.2) is 0 Å². The molecule has 0 aliphatic heterocycles. The van der Waals surface area contributed by atoms with E-state index in [9.17, 15) is 0 Å². The fourth-order valence-corrected chi connectivity index (χ4v) is 9.12. The summed E-state index contributed by atoms with van der Waals surface area (Å²) in [5, 5.41) is 3.56. The Balaban J connectivity index is 0.000000200. The maximum atomic E-state index is 8.59. The van der Waals surface area contributed by atoms with Crippen LogP contribution in [0.3, 0.4) is 0 Å². The predicted octanol–water partition coefficient (Wildman–Crippen LogP) is 12.8. The number of thiophene rings is 1. The number of nitrogens with zero attached hydrogens (tertiary/aromatic N) is 3. The molecule has 0 atom stereocenters. The first-order chi connectivity index (χ1) is 27.2. The Morgan fingerprint density at radius 3 is 2.24 bits per heavy atom. The molecule has 0 saturated carbocycles. The standard InChI is InChI=1S/C29H23N2S.C19H26NSi.Ir/c1-29(2,3)20-13-15-21(16-14-20)31-25-10-6-5-9-24(25)30-28(31)19-12-17-23-22-8-4-7-11-26(22)32-27(23)18-19;1-14(2)11-17-12-18(16-9-7-15(3)8-10-16)20-13-19(17)21(4,5)6;/h4-11,13-18H,1-3H3;7-9,12-14H,11H2,1-6H3;/q2*-1;/i;3D3,11D2;. The van der Waals surface area contributed by atoms with Crippen molar-refractivity contribution in [3.05, 3.63) is 144 Å². The van der Waals surface area contributed by atoms with Crippen LogP contribution in [0.25, 0.3) is 59.5 Å². The minimum absolute atomic E-state index is 0. The van der Waals surface area contributed by atoms with Crippen LogP contribution in [0.4, 0.5) is 0 Å². The van der Waals surface area contributed by atoms with E-state index in [1.54, 1.807) is 18.3 Å². The van der Waals surface area contributed by atoms with Crippen LogP contribution >= 0.6 is 11.3 Å². The maximum Gasteiger partial charge on any atom is 0.0798 e. The average molecular weight is 925 g/mol. The van der Waals surface area contributed by atoms with Gasteiger partial charge in [0.1, 0.15) is 0 Å². The molecule has 0 N–H and O–H groups in total.